The van der Waals surface area contributed by atoms with Gasteiger partial charge in [-0.1, -0.05) is 0 Å². The summed E-state index contributed by atoms with van der Waals surface area (Å²) in [5, 5.41) is 11.2. The molecule has 6 heteroatoms. The Labute approximate surface area is 78.6 Å². The van der Waals surface area contributed by atoms with Gasteiger partial charge in [-0.2, -0.15) is 13.2 Å². The summed E-state index contributed by atoms with van der Waals surface area (Å²) in [5.41, 5.74) is -0.730. The summed E-state index contributed by atoms with van der Waals surface area (Å²) in [4.78, 5) is 2.44. The Balaban J connectivity index is 2.69. The molecule has 0 aliphatic heterocycles. The quantitative estimate of drug-likeness (QED) is 0.774. The van der Waals surface area contributed by atoms with Gasteiger partial charge in [-0.05, 0) is 6.07 Å². The highest BCUT2D eigenvalue weighted by Gasteiger charge is 2.31. The minimum Gasteiger partial charge on any atom is -0.392 e. The molecule has 0 unspecified atom stereocenters. The standard InChI is InChI=1S/C8H9F3N2O/c9-8(10,11)6-1-2-7(13-5-6)12-3-4-14/h1-2,5,14H,3-4H2,(H,12,13)/p+1. The van der Waals surface area contributed by atoms with Crippen LogP contribution in [0.2, 0.25) is 0 Å². The lowest BCUT2D eigenvalue weighted by molar-refractivity contribution is -0.364. The smallest absolute Gasteiger partial charge is 0.392 e. The molecule has 3 N–H and O–H groups in total. The van der Waals surface area contributed by atoms with Crippen LogP contribution in [0.4, 0.5) is 19.0 Å². The fourth-order valence-electron chi connectivity index (χ4n) is 0.902. The van der Waals surface area contributed by atoms with Crippen LogP contribution < -0.4 is 10.3 Å². The number of aromatic amines is 1. The van der Waals surface area contributed by atoms with Crippen molar-refractivity contribution in [3.63, 3.8) is 0 Å². The number of halogens is 3. The first-order chi connectivity index (χ1) is 6.54. The van der Waals surface area contributed by atoms with Crippen LogP contribution in [0.5, 0.6) is 0 Å². The summed E-state index contributed by atoms with van der Waals surface area (Å²) in [7, 11) is 0. The van der Waals surface area contributed by atoms with E-state index in [4.69, 9.17) is 5.11 Å². The molecule has 0 saturated carbocycles. The fourth-order valence-corrected chi connectivity index (χ4v) is 0.902. The maximum Gasteiger partial charge on any atom is 0.419 e. The second-order valence-corrected chi connectivity index (χ2v) is 2.64. The van der Waals surface area contributed by atoms with Gasteiger partial charge in [0.05, 0.1) is 12.2 Å². The summed E-state index contributed by atoms with van der Waals surface area (Å²) in [6.45, 7) is 0.219. The monoisotopic (exact) mass is 207 g/mol. The molecular formula is C8H10F3N2O+. The molecule has 3 nitrogen and oxygen atoms in total. The molecular weight excluding hydrogens is 197 g/mol. The van der Waals surface area contributed by atoms with Crippen molar-refractivity contribution < 1.29 is 23.3 Å². The van der Waals surface area contributed by atoms with Crippen LogP contribution in [0.25, 0.3) is 0 Å². The Morgan fingerprint density at radius 2 is 2.07 bits per heavy atom. The van der Waals surface area contributed by atoms with E-state index in [9.17, 15) is 13.2 Å². The predicted octanol–water partition coefficient (Wildman–Crippen LogP) is 0.924. The van der Waals surface area contributed by atoms with Crippen molar-refractivity contribution in [3.8, 4) is 0 Å². The minimum atomic E-state index is -4.33. The van der Waals surface area contributed by atoms with Gasteiger partial charge in [-0.25, -0.2) is 4.98 Å². The first kappa shape index (κ1) is 10.8. The van der Waals surface area contributed by atoms with Crippen molar-refractivity contribution >= 4 is 5.82 Å². The number of H-pyrrole nitrogens is 1. The van der Waals surface area contributed by atoms with Crippen LogP contribution >= 0.6 is 0 Å². The van der Waals surface area contributed by atoms with Crippen LogP contribution in [-0.4, -0.2) is 18.3 Å². The number of aliphatic hydroxyl groups is 1. The van der Waals surface area contributed by atoms with Crippen molar-refractivity contribution in [3.05, 3.63) is 23.9 Å². The second-order valence-electron chi connectivity index (χ2n) is 2.64. The zero-order valence-corrected chi connectivity index (χ0v) is 7.23. The Kier molecular flexibility index (Phi) is 3.29. The number of aliphatic hydroxyl groups excluding tert-OH is 1. The second kappa shape index (κ2) is 4.28. The summed E-state index contributed by atoms with van der Waals surface area (Å²) in [6, 6.07) is 2.24. The summed E-state index contributed by atoms with van der Waals surface area (Å²) in [5.74, 6) is 0.437. The fraction of sp³-hybridized carbons (Fsp3) is 0.375. The molecule has 0 bridgehead atoms. The van der Waals surface area contributed by atoms with Crippen molar-refractivity contribution in [2.45, 2.75) is 6.18 Å². The third-order valence-electron chi connectivity index (χ3n) is 1.57. The number of rotatable bonds is 3. The van der Waals surface area contributed by atoms with E-state index >= 15 is 0 Å². The average molecular weight is 207 g/mol. The van der Waals surface area contributed by atoms with Gasteiger partial charge < -0.3 is 5.11 Å². The molecule has 1 rings (SSSR count). The van der Waals surface area contributed by atoms with Crippen molar-refractivity contribution in [2.24, 2.45) is 0 Å². The molecule has 78 valence electrons. The van der Waals surface area contributed by atoms with Crippen molar-refractivity contribution in [2.75, 3.05) is 18.5 Å². The van der Waals surface area contributed by atoms with Gasteiger partial charge in [0.25, 0.3) is 5.82 Å². The van der Waals surface area contributed by atoms with E-state index in [0.29, 0.717) is 12.4 Å². The third-order valence-corrected chi connectivity index (χ3v) is 1.57. The lowest BCUT2D eigenvalue weighted by Crippen LogP contribution is -2.18. The predicted molar refractivity (Wildman–Crippen MR) is 43.6 cm³/mol. The summed E-state index contributed by atoms with van der Waals surface area (Å²) in [6.07, 6.45) is -3.45. The topological polar surface area (TPSA) is 46.4 Å². The van der Waals surface area contributed by atoms with Crippen LogP contribution in [-0.2, 0) is 6.18 Å². The molecule has 1 heterocycles. The normalized spacial score (nSPS) is 11.4. The molecule has 1 aromatic rings. The number of alkyl halides is 3. The van der Waals surface area contributed by atoms with Crippen LogP contribution in [0.15, 0.2) is 18.3 Å². The number of anilines is 1. The number of nitrogens with one attached hydrogen (secondary N) is 2. The maximum absolute atomic E-state index is 12.1. The lowest BCUT2D eigenvalue weighted by atomic mass is 10.3. The van der Waals surface area contributed by atoms with Gasteiger partial charge in [0.2, 0.25) is 0 Å². The van der Waals surface area contributed by atoms with E-state index in [-0.39, 0.29) is 6.61 Å². The molecule has 0 atom stereocenters. The van der Waals surface area contributed by atoms with Gasteiger partial charge in [0.1, 0.15) is 12.7 Å². The van der Waals surface area contributed by atoms with Gasteiger partial charge >= 0.3 is 6.18 Å². The third kappa shape index (κ3) is 2.88. The summed E-state index contributed by atoms with van der Waals surface area (Å²) < 4.78 is 36.3. The number of hydrogen-bond acceptors (Lipinski definition) is 2. The molecule has 0 saturated heterocycles. The zero-order valence-electron chi connectivity index (χ0n) is 7.23. The molecule has 14 heavy (non-hydrogen) atoms. The van der Waals surface area contributed by atoms with Gasteiger partial charge in [0, 0.05) is 6.07 Å². The van der Waals surface area contributed by atoms with Gasteiger partial charge in [-0.3, -0.25) is 5.32 Å². The van der Waals surface area contributed by atoms with E-state index in [1.54, 1.807) is 0 Å². The number of aromatic nitrogens is 1. The first-order valence-electron chi connectivity index (χ1n) is 3.97. The van der Waals surface area contributed by atoms with E-state index in [1.165, 1.54) is 6.07 Å². The summed E-state index contributed by atoms with van der Waals surface area (Å²) >= 11 is 0. The van der Waals surface area contributed by atoms with Crippen molar-refractivity contribution in [1.29, 1.82) is 0 Å². The van der Waals surface area contributed by atoms with Gasteiger partial charge in [0.15, 0.2) is 0 Å². The molecule has 0 aliphatic carbocycles. The molecule has 0 amide bonds. The average Bonchev–Trinajstić information content (AvgIpc) is 2.14. The van der Waals surface area contributed by atoms with Crippen LogP contribution in [0, 0.1) is 0 Å². The van der Waals surface area contributed by atoms with Gasteiger partial charge in [-0.15, -0.1) is 0 Å². The Bertz CT molecular complexity index is 284. The Morgan fingerprint density at radius 3 is 2.50 bits per heavy atom. The number of pyridine rings is 1. The van der Waals surface area contributed by atoms with E-state index in [0.717, 1.165) is 12.3 Å². The number of hydrogen-bond donors (Lipinski definition) is 2. The molecule has 0 fully saturated rings. The Hall–Kier alpha value is -1.30. The highest BCUT2D eigenvalue weighted by molar-refractivity contribution is 5.29. The van der Waals surface area contributed by atoms with Crippen LogP contribution in [0.3, 0.4) is 0 Å². The van der Waals surface area contributed by atoms with Crippen LogP contribution in [0.1, 0.15) is 5.56 Å². The minimum absolute atomic E-state index is 0.0745. The molecule has 0 spiro atoms. The molecule has 1 aromatic heterocycles. The highest BCUT2D eigenvalue weighted by atomic mass is 19.4. The SMILES string of the molecule is OCCNc1ccc(C(F)(F)F)c[nH+]1. The van der Waals surface area contributed by atoms with E-state index in [2.05, 4.69) is 10.3 Å². The molecule has 0 aliphatic rings. The van der Waals surface area contributed by atoms with E-state index in [1.807, 2.05) is 0 Å². The largest absolute Gasteiger partial charge is 0.419 e. The molecule has 0 aromatic carbocycles. The lowest BCUT2D eigenvalue weighted by Gasteiger charge is -2.04. The van der Waals surface area contributed by atoms with E-state index < -0.39 is 11.7 Å². The first-order valence-corrected chi connectivity index (χ1v) is 3.97. The zero-order chi connectivity index (χ0) is 10.6. The molecule has 0 radical (unpaired) electrons. The maximum atomic E-state index is 12.1. The highest BCUT2D eigenvalue weighted by Crippen LogP contribution is 2.27. The Morgan fingerprint density at radius 1 is 1.36 bits per heavy atom. The van der Waals surface area contributed by atoms with Crippen molar-refractivity contribution in [1.82, 2.24) is 0 Å².